The molecule has 1 aliphatic rings. The van der Waals surface area contributed by atoms with Crippen molar-refractivity contribution in [1.29, 1.82) is 0 Å². The maximum Gasteiger partial charge on any atom is 0.341 e. The van der Waals surface area contributed by atoms with Gasteiger partial charge >= 0.3 is 11.9 Å². The normalized spacial score (nSPS) is 13.1. The van der Waals surface area contributed by atoms with Gasteiger partial charge in [-0.3, -0.25) is 9.59 Å². The number of aryl methyl sites for hydroxylation is 1. The fourth-order valence-electron chi connectivity index (χ4n) is 4.31. The fourth-order valence-corrected chi connectivity index (χ4v) is 7.30. The number of benzene rings is 1. The van der Waals surface area contributed by atoms with Crippen molar-refractivity contribution in [3.8, 4) is 0 Å². The number of carbonyl (C=O) groups is 4. The molecule has 0 fully saturated rings. The van der Waals surface area contributed by atoms with Crippen LogP contribution in [0, 0.1) is 0 Å². The summed E-state index contributed by atoms with van der Waals surface area (Å²) in [6.07, 6.45) is 5.46. The molecule has 0 atom stereocenters. The second-order valence-corrected chi connectivity index (χ2v) is 11.7. The summed E-state index contributed by atoms with van der Waals surface area (Å²) in [5.41, 5.74) is 2.68. The molecule has 9 nitrogen and oxygen atoms in total. The molecule has 1 aliphatic carbocycles. The van der Waals surface area contributed by atoms with Gasteiger partial charge in [-0.05, 0) is 56.4 Å². The standard InChI is InChI=1S/C27H29N3O6S3/c1-4-12-30-18-11-10-16(25(33)35-3)13-20(18)39-27(30)29-22(32)15-37-14-21(31)28-24-23(26(34)36-5-2)17-8-6-7-9-19(17)38-24/h4,10-11,13H,1,5-9,12,14-15H2,2-3H3,(H,28,31). The molecule has 206 valence electrons. The number of aromatic nitrogens is 1. The predicted molar refractivity (Wildman–Crippen MR) is 155 cm³/mol. The molecular formula is C27H29N3O6S3. The Morgan fingerprint density at radius 2 is 1.95 bits per heavy atom. The first-order valence-corrected chi connectivity index (χ1v) is 15.2. The number of thiophene rings is 1. The Morgan fingerprint density at radius 1 is 1.15 bits per heavy atom. The third-order valence-corrected chi connectivity index (χ3v) is 9.16. The highest BCUT2D eigenvalue weighted by Gasteiger charge is 2.27. The van der Waals surface area contributed by atoms with Crippen LogP contribution in [0.3, 0.4) is 0 Å². The summed E-state index contributed by atoms with van der Waals surface area (Å²) in [5.74, 6) is -1.49. The van der Waals surface area contributed by atoms with E-state index >= 15 is 0 Å². The van der Waals surface area contributed by atoms with E-state index in [0.717, 1.165) is 58.1 Å². The van der Waals surface area contributed by atoms with Gasteiger partial charge in [0.15, 0.2) is 4.80 Å². The van der Waals surface area contributed by atoms with Crippen molar-refractivity contribution >= 4 is 73.4 Å². The summed E-state index contributed by atoms with van der Waals surface area (Å²) >= 11 is 3.87. The van der Waals surface area contributed by atoms with E-state index < -0.39 is 11.9 Å². The molecule has 39 heavy (non-hydrogen) atoms. The van der Waals surface area contributed by atoms with Crippen molar-refractivity contribution in [2.24, 2.45) is 4.99 Å². The topological polar surface area (TPSA) is 116 Å². The SMILES string of the molecule is C=CCn1c(=NC(=O)CSCC(=O)Nc2sc3c(c2C(=O)OCC)CCCC3)sc2cc(C(=O)OC)ccc21. The van der Waals surface area contributed by atoms with Crippen LogP contribution in [0.2, 0.25) is 0 Å². The maximum absolute atomic E-state index is 12.7. The zero-order chi connectivity index (χ0) is 27.9. The van der Waals surface area contributed by atoms with Crippen molar-refractivity contribution in [1.82, 2.24) is 4.57 Å². The van der Waals surface area contributed by atoms with E-state index in [1.807, 2.05) is 4.57 Å². The van der Waals surface area contributed by atoms with E-state index in [1.165, 1.54) is 29.8 Å². The van der Waals surface area contributed by atoms with Crippen LogP contribution in [0.15, 0.2) is 35.8 Å². The number of amides is 2. The Hall–Kier alpha value is -3.22. The summed E-state index contributed by atoms with van der Waals surface area (Å²) in [6.45, 7) is 6.23. The molecule has 0 bridgehead atoms. The number of ether oxygens (including phenoxy) is 2. The number of fused-ring (bicyclic) bond motifs is 2. The Kier molecular flexibility index (Phi) is 9.76. The Bertz CT molecular complexity index is 1500. The number of esters is 2. The van der Waals surface area contributed by atoms with Gasteiger partial charge in [0.05, 0.1) is 46.6 Å². The molecule has 2 amide bonds. The molecule has 0 saturated heterocycles. The van der Waals surface area contributed by atoms with E-state index in [-0.39, 0.29) is 29.9 Å². The largest absolute Gasteiger partial charge is 0.465 e. The number of allylic oxidation sites excluding steroid dienone is 1. The van der Waals surface area contributed by atoms with Crippen molar-refractivity contribution in [2.45, 2.75) is 39.2 Å². The molecule has 2 aromatic heterocycles. The lowest BCUT2D eigenvalue weighted by Gasteiger charge is -2.12. The molecule has 1 aromatic carbocycles. The number of methoxy groups -OCH3 is 1. The Labute approximate surface area is 237 Å². The van der Waals surface area contributed by atoms with Crippen LogP contribution in [0.4, 0.5) is 5.00 Å². The molecule has 4 rings (SSSR count). The van der Waals surface area contributed by atoms with E-state index in [4.69, 9.17) is 9.47 Å². The first-order valence-electron chi connectivity index (χ1n) is 12.5. The molecule has 2 heterocycles. The number of thiazole rings is 1. The van der Waals surface area contributed by atoms with Crippen LogP contribution < -0.4 is 10.1 Å². The van der Waals surface area contributed by atoms with Gasteiger partial charge in [-0.15, -0.1) is 29.7 Å². The Balaban J connectivity index is 1.43. The minimum Gasteiger partial charge on any atom is -0.465 e. The van der Waals surface area contributed by atoms with Gasteiger partial charge in [-0.25, -0.2) is 9.59 Å². The molecule has 1 N–H and O–H groups in total. The highest BCUT2D eigenvalue weighted by Crippen LogP contribution is 2.38. The second-order valence-electron chi connectivity index (χ2n) is 8.64. The zero-order valence-electron chi connectivity index (χ0n) is 21.7. The first kappa shape index (κ1) is 28.8. The smallest absolute Gasteiger partial charge is 0.341 e. The van der Waals surface area contributed by atoms with E-state index in [2.05, 4.69) is 16.9 Å². The van der Waals surface area contributed by atoms with Gasteiger partial charge in [-0.2, -0.15) is 4.99 Å². The monoisotopic (exact) mass is 587 g/mol. The van der Waals surface area contributed by atoms with Crippen LogP contribution >= 0.6 is 34.4 Å². The highest BCUT2D eigenvalue weighted by molar-refractivity contribution is 8.00. The third-order valence-electron chi connectivity index (χ3n) is 6.00. The lowest BCUT2D eigenvalue weighted by Crippen LogP contribution is -2.19. The average molecular weight is 588 g/mol. The molecule has 3 aromatic rings. The minimum absolute atomic E-state index is 0.00877. The van der Waals surface area contributed by atoms with Gasteiger partial charge in [0.2, 0.25) is 5.91 Å². The summed E-state index contributed by atoms with van der Waals surface area (Å²) in [7, 11) is 1.32. The van der Waals surface area contributed by atoms with Crippen LogP contribution in [0.5, 0.6) is 0 Å². The van der Waals surface area contributed by atoms with Crippen molar-refractivity contribution in [2.75, 3.05) is 30.5 Å². The Morgan fingerprint density at radius 3 is 2.69 bits per heavy atom. The molecule has 0 saturated carbocycles. The maximum atomic E-state index is 12.7. The van der Waals surface area contributed by atoms with E-state index in [1.54, 1.807) is 31.2 Å². The molecule has 12 heteroatoms. The molecule has 0 radical (unpaired) electrons. The van der Waals surface area contributed by atoms with Gasteiger partial charge in [0.25, 0.3) is 5.91 Å². The molecule has 0 unspecified atom stereocenters. The number of hydrogen-bond donors (Lipinski definition) is 1. The van der Waals surface area contributed by atoms with Crippen LogP contribution in [-0.4, -0.2) is 53.5 Å². The molecule has 0 aliphatic heterocycles. The van der Waals surface area contributed by atoms with Crippen LogP contribution in [0.1, 0.15) is 50.9 Å². The minimum atomic E-state index is -0.443. The summed E-state index contributed by atoms with van der Waals surface area (Å²) in [4.78, 5) is 55.7. The number of hydrogen-bond acceptors (Lipinski definition) is 9. The number of rotatable bonds is 10. The van der Waals surface area contributed by atoms with E-state index in [9.17, 15) is 19.2 Å². The molecular weight excluding hydrogens is 559 g/mol. The fraction of sp³-hybridized carbons (Fsp3) is 0.370. The number of thioether (sulfide) groups is 1. The quantitative estimate of drug-likeness (QED) is 0.272. The molecule has 0 spiro atoms. The number of anilines is 1. The third kappa shape index (κ3) is 6.68. The van der Waals surface area contributed by atoms with Crippen molar-refractivity contribution < 1.29 is 28.7 Å². The second kappa shape index (κ2) is 13.2. The number of carbonyl (C=O) groups excluding carboxylic acids is 4. The average Bonchev–Trinajstić information content (AvgIpc) is 3.45. The van der Waals surface area contributed by atoms with Crippen molar-refractivity contribution in [3.05, 3.63) is 57.2 Å². The predicted octanol–water partition coefficient (Wildman–Crippen LogP) is 4.59. The highest BCUT2D eigenvalue weighted by atomic mass is 32.2. The van der Waals surface area contributed by atoms with Gasteiger partial charge in [-0.1, -0.05) is 17.4 Å². The number of nitrogens with zero attached hydrogens (tertiary/aromatic N) is 2. The van der Waals surface area contributed by atoms with Gasteiger partial charge < -0.3 is 19.4 Å². The van der Waals surface area contributed by atoms with Crippen LogP contribution in [-0.2, 0) is 38.4 Å². The zero-order valence-corrected chi connectivity index (χ0v) is 24.2. The summed E-state index contributed by atoms with van der Waals surface area (Å²) in [6, 6.07) is 5.16. The van der Waals surface area contributed by atoms with Crippen LogP contribution in [0.25, 0.3) is 10.2 Å². The summed E-state index contributed by atoms with van der Waals surface area (Å²) < 4.78 is 12.7. The van der Waals surface area contributed by atoms with Gasteiger partial charge in [0.1, 0.15) is 5.00 Å². The lowest BCUT2D eigenvalue weighted by molar-refractivity contribution is -0.115. The van der Waals surface area contributed by atoms with Gasteiger partial charge in [0, 0.05) is 11.4 Å². The number of nitrogens with one attached hydrogen (secondary N) is 1. The van der Waals surface area contributed by atoms with Crippen molar-refractivity contribution in [3.63, 3.8) is 0 Å². The summed E-state index contributed by atoms with van der Waals surface area (Å²) in [5, 5.41) is 3.38. The first-order chi connectivity index (χ1) is 18.9. The lowest BCUT2D eigenvalue weighted by atomic mass is 9.95. The van der Waals surface area contributed by atoms with E-state index in [0.29, 0.717) is 27.5 Å².